The highest BCUT2D eigenvalue weighted by Gasteiger charge is 2.11. The van der Waals surface area contributed by atoms with Gasteiger partial charge in [0.25, 0.3) is 5.22 Å². The Labute approximate surface area is 151 Å². The summed E-state index contributed by atoms with van der Waals surface area (Å²) in [5.74, 6) is 0.906. The van der Waals surface area contributed by atoms with Crippen LogP contribution < -0.4 is 5.32 Å². The van der Waals surface area contributed by atoms with Crippen LogP contribution in [-0.2, 0) is 4.79 Å². The number of nitrogens with zero attached hydrogens (tertiary/aromatic N) is 3. The van der Waals surface area contributed by atoms with Crippen molar-refractivity contribution in [2.45, 2.75) is 12.1 Å². The van der Waals surface area contributed by atoms with Gasteiger partial charge in [0, 0.05) is 16.2 Å². The average molecular weight is 405 g/mol. The first-order valence-corrected chi connectivity index (χ1v) is 8.83. The Morgan fingerprint density at radius 2 is 2.17 bits per heavy atom. The third kappa shape index (κ3) is 4.42. The Morgan fingerprint density at radius 3 is 2.92 bits per heavy atom. The molecule has 0 unspecified atom stereocenters. The van der Waals surface area contributed by atoms with E-state index in [4.69, 9.17) is 4.42 Å². The molecule has 1 amide bonds. The van der Waals surface area contributed by atoms with Crippen LogP contribution in [0.5, 0.6) is 0 Å². The fourth-order valence-electron chi connectivity index (χ4n) is 1.92. The minimum atomic E-state index is -0.190. The van der Waals surface area contributed by atoms with Crippen LogP contribution >= 0.6 is 27.7 Å². The molecule has 8 heteroatoms. The Kier molecular flexibility index (Phi) is 5.27. The van der Waals surface area contributed by atoms with E-state index in [-0.39, 0.29) is 11.7 Å². The minimum Gasteiger partial charge on any atom is -0.411 e. The van der Waals surface area contributed by atoms with E-state index in [1.165, 1.54) is 11.8 Å². The molecule has 0 fully saturated rings. The molecule has 2 heterocycles. The van der Waals surface area contributed by atoms with Crippen LogP contribution in [0.1, 0.15) is 5.56 Å². The van der Waals surface area contributed by atoms with Gasteiger partial charge in [0.1, 0.15) is 5.82 Å². The largest absolute Gasteiger partial charge is 0.411 e. The predicted molar refractivity (Wildman–Crippen MR) is 95.8 cm³/mol. The topological polar surface area (TPSA) is 80.9 Å². The van der Waals surface area contributed by atoms with E-state index in [1.807, 2.05) is 37.3 Å². The molecule has 2 aromatic heterocycles. The lowest BCUT2D eigenvalue weighted by Crippen LogP contribution is -2.14. The van der Waals surface area contributed by atoms with Crippen molar-refractivity contribution in [2.75, 3.05) is 11.1 Å². The number of carbonyl (C=O) groups is 1. The third-order valence-electron chi connectivity index (χ3n) is 2.99. The average Bonchev–Trinajstić information content (AvgIpc) is 3.04. The number of anilines is 1. The lowest BCUT2D eigenvalue weighted by molar-refractivity contribution is -0.113. The summed E-state index contributed by atoms with van der Waals surface area (Å²) in [6.45, 7) is 2.00. The Morgan fingerprint density at radius 1 is 1.29 bits per heavy atom. The van der Waals surface area contributed by atoms with E-state index in [1.54, 1.807) is 12.3 Å². The first kappa shape index (κ1) is 16.7. The fraction of sp³-hybridized carbons (Fsp3) is 0.125. The Bertz CT molecular complexity index is 851. The number of rotatable bonds is 5. The summed E-state index contributed by atoms with van der Waals surface area (Å²) in [7, 11) is 0. The van der Waals surface area contributed by atoms with Gasteiger partial charge in [-0.1, -0.05) is 29.5 Å². The lowest BCUT2D eigenvalue weighted by atomic mass is 10.1. The second kappa shape index (κ2) is 7.59. The zero-order valence-corrected chi connectivity index (χ0v) is 15.1. The number of amides is 1. The molecule has 6 nitrogen and oxygen atoms in total. The van der Waals surface area contributed by atoms with Crippen LogP contribution in [0.25, 0.3) is 11.5 Å². The van der Waals surface area contributed by atoms with Gasteiger partial charge in [-0.15, -0.1) is 10.2 Å². The zero-order valence-electron chi connectivity index (χ0n) is 12.7. The fourth-order valence-corrected chi connectivity index (χ4v) is 2.72. The van der Waals surface area contributed by atoms with Gasteiger partial charge in [0.15, 0.2) is 0 Å². The van der Waals surface area contributed by atoms with Crippen molar-refractivity contribution in [3.05, 3.63) is 52.6 Å². The number of thioether (sulfide) groups is 1. The summed E-state index contributed by atoms with van der Waals surface area (Å²) in [6.07, 6.45) is 1.62. The maximum atomic E-state index is 11.9. The van der Waals surface area contributed by atoms with Gasteiger partial charge >= 0.3 is 0 Å². The molecule has 1 aromatic carbocycles. The first-order valence-electron chi connectivity index (χ1n) is 7.05. The Hall–Kier alpha value is -2.19. The maximum Gasteiger partial charge on any atom is 0.277 e. The second-order valence-corrected chi connectivity index (χ2v) is 6.78. The molecule has 0 radical (unpaired) electrons. The van der Waals surface area contributed by atoms with Gasteiger partial charge in [-0.3, -0.25) is 4.79 Å². The molecule has 0 atom stereocenters. The van der Waals surface area contributed by atoms with Gasteiger partial charge in [-0.2, -0.15) is 0 Å². The van der Waals surface area contributed by atoms with Crippen molar-refractivity contribution >= 4 is 39.4 Å². The second-order valence-electron chi connectivity index (χ2n) is 4.94. The van der Waals surface area contributed by atoms with Gasteiger partial charge in [0.05, 0.1) is 5.75 Å². The molecule has 0 spiro atoms. The number of carbonyl (C=O) groups excluding carboxylic acids is 1. The minimum absolute atomic E-state index is 0.160. The van der Waals surface area contributed by atoms with Crippen LogP contribution in [0.4, 0.5) is 5.82 Å². The number of aromatic nitrogens is 3. The molecule has 0 aliphatic carbocycles. The van der Waals surface area contributed by atoms with Crippen molar-refractivity contribution < 1.29 is 9.21 Å². The summed E-state index contributed by atoms with van der Waals surface area (Å²) in [5, 5.41) is 11.0. The molecule has 0 aliphatic rings. The van der Waals surface area contributed by atoms with Gasteiger partial charge in [0.2, 0.25) is 11.8 Å². The Balaban J connectivity index is 1.57. The molecular weight excluding hydrogens is 392 g/mol. The number of pyridine rings is 1. The summed E-state index contributed by atoms with van der Waals surface area (Å²) < 4.78 is 6.43. The van der Waals surface area contributed by atoms with Crippen LogP contribution in [0.3, 0.4) is 0 Å². The van der Waals surface area contributed by atoms with Crippen LogP contribution in [0.2, 0.25) is 0 Å². The molecule has 0 aliphatic heterocycles. The monoisotopic (exact) mass is 404 g/mol. The quantitative estimate of drug-likeness (QED) is 0.648. The highest BCUT2D eigenvalue weighted by Crippen LogP contribution is 2.23. The smallest absolute Gasteiger partial charge is 0.277 e. The van der Waals surface area contributed by atoms with E-state index in [0.29, 0.717) is 16.9 Å². The van der Waals surface area contributed by atoms with Crippen molar-refractivity contribution in [1.82, 2.24) is 15.2 Å². The standard InChI is InChI=1S/C16H13BrN4O2S/c1-10-3-2-4-11(7-10)15-20-21-16(23-15)24-9-14(22)19-13-6-5-12(17)8-18-13/h2-8H,9H2,1H3,(H,18,19,22). The first-order chi connectivity index (χ1) is 11.6. The normalized spacial score (nSPS) is 10.6. The molecule has 0 bridgehead atoms. The van der Waals surface area contributed by atoms with Crippen LogP contribution in [0, 0.1) is 6.92 Å². The molecular formula is C16H13BrN4O2S. The van der Waals surface area contributed by atoms with E-state index in [2.05, 4.69) is 36.4 Å². The summed E-state index contributed by atoms with van der Waals surface area (Å²) in [6, 6.07) is 11.3. The molecule has 3 rings (SSSR count). The van der Waals surface area contributed by atoms with Crippen molar-refractivity contribution in [2.24, 2.45) is 0 Å². The van der Waals surface area contributed by atoms with Gasteiger partial charge in [-0.25, -0.2) is 4.98 Å². The van der Waals surface area contributed by atoms with E-state index >= 15 is 0 Å². The van der Waals surface area contributed by atoms with Gasteiger partial charge < -0.3 is 9.73 Å². The number of benzene rings is 1. The van der Waals surface area contributed by atoms with E-state index in [9.17, 15) is 4.79 Å². The molecule has 122 valence electrons. The SMILES string of the molecule is Cc1cccc(-c2nnc(SCC(=O)Nc3ccc(Br)cn3)o2)c1. The summed E-state index contributed by atoms with van der Waals surface area (Å²) in [4.78, 5) is 16.0. The van der Waals surface area contributed by atoms with Crippen LogP contribution in [0.15, 0.2) is 56.7 Å². The highest BCUT2D eigenvalue weighted by molar-refractivity contribution is 9.10. The van der Waals surface area contributed by atoms with Crippen molar-refractivity contribution in [1.29, 1.82) is 0 Å². The van der Waals surface area contributed by atoms with Crippen LogP contribution in [-0.4, -0.2) is 26.8 Å². The molecule has 0 saturated heterocycles. The molecule has 1 N–H and O–H groups in total. The number of aryl methyl sites for hydroxylation is 1. The lowest BCUT2D eigenvalue weighted by Gasteiger charge is -2.02. The molecule has 24 heavy (non-hydrogen) atoms. The highest BCUT2D eigenvalue weighted by atomic mass is 79.9. The third-order valence-corrected chi connectivity index (χ3v) is 4.28. The number of hydrogen-bond donors (Lipinski definition) is 1. The van der Waals surface area contributed by atoms with Crippen molar-refractivity contribution in [3.8, 4) is 11.5 Å². The maximum absolute atomic E-state index is 11.9. The van der Waals surface area contributed by atoms with Gasteiger partial charge in [-0.05, 0) is 47.1 Å². The number of nitrogens with one attached hydrogen (secondary N) is 1. The van der Waals surface area contributed by atoms with E-state index in [0.717, 1.165) is 15.6 Å². The molecule has 3 aromatic rings. The summed E-state index contributed by atoms with van der Waals surface area (Å²) in [5.41, 5.74) is 1.97. The van der Waals surface area contributed by atoms with Crippen molar-refractivity contribution in [3.63, 3.8) is 0 Å². The predicted octanol–water partition coefficient (Wildman–Crippen LogP) is 3.93. The summed E-state index contributed by atoms with van der Waals surface area (Å²) >= 11 is 4.47. The number of halogens is 1. The number of hydrogen-bond acceptors (Lipinski definition) is 6. The zero-order chi connectivity index (χ0) is 16.9. The molecule has 0 saturated carbocycles. The van der Waals surface area contributed by atoms with E-state index < -0.39 is 0 Å².